The molecule has 0 spiro atoms. The highest BCUT2D eigenvalue weighted by atomic mass is 16.3. The average Bonchev–Trinajstić information content (AvgIpc) is 3.51. The van der Waals surface area contributed by atoms with E-state index in [2.05, 4.69) is 24.3 Å². The second-order valence-corrected chi connectivity index (χ2v) is 8.08. The fraction of sp³-hybridized carbons (Fsp3) is 0.360. The Hall–Kier alpha value is -3.28. The highest BCUT2D eigenvalue weighted by Gasteiger charge is 2.25. The lowest BCUT2D eigenvalue weighted by molar-refractivity contribution is -0.132. The highest BCUT2D eigenvalue weighted by molar-refractivity contribution is 5.94. The maximum atomic E-state index is 12.8. The van der Waals surface area contributed by atoms with E-state index < -0.39 is 0 Å². The summed E-state index contributed by atoms with van der Waals surface area (Å²) in [6.45, 7) is 2.23. The molecule has 1 aromatic carbocycles. The van der Waals surface area contributed by atoms with Gasteiger partial charge in [0.2, 0.25) is 5.91 Å². The Labute approximate surface area is 182 Å². The molecule has 0 atom stereocenters. The molecule has 1 aliphatic heterocycles. The fourth-order valence-corrected chi connectivity index (χ4v) is 4.13. The molecule has 1 saturated heterocycles. The van der Waals surface area contributed by atoms with E-state index in [0.29, 0.717) is 36.8 Å². The second-order valence-electron chi connectivity index (χ2n) is 8.08. The molecule has 6 nitrogen and oxygen atoms in total. The summed E-state index contributed by atoms with van der Waals surface area (Å²) in [7, 11) is 0. The molecule has 0 N–H and O–H groups in total. The van der Waals surface area contributed by atoms with E-state index in [1.54, 1.807) is 23.3 Å². The van der Waals surface area contributed by atoms with E-state index >= 15 is 0 Å². The third kappa shape index (κ3) is 5.66. The number of hydrogen-bond acceptors (Lipinski definition) is 4. The Bertz CT molecular complexity index is 943. The third-order valence-electron chi connectivity index (χ3n) is 5.91. The van der Waals surface area contributed by atoms with E-state index in [1.807, 2.05) is 17.0 Å². The van der Waals surface area contributed by atoms with Crippen LogP contribution in [-0.4, -0.2) is 41.2 Å². The predicted octanol–water partition coefficient (Wildman–Crippen LogP) is 4.39. The third-order valence-corrected chi connectivity index (χ3v) is 5.91. The minimum atomic E-state index is -0.167. The molecule has 6 heteroatoms. The minimum absolute atomic E-state index is 0.0996. The van der Waals surface area contributed by atoms with Gasteiger partial charge in [0.15, 0.2) is 0 Å². The van der Waals surface area contributed by atoms with Crippen LogP contribution in [-0.2, 0) is 17.8 Å². The van der Waals surface area contributed by atoms with Crippen molar-refractivity contribution in [3.05, 3.63) is 84.2 Å². The Kier molecular flexibility index (Phi) is 6.87. The number of nitrogens with zero attached hydrogens (tertiary/aromatic N) is 2. The lowest BCUT2D eigenvalue weighted by Gasteiger charge is -2.32. The predicted molar refractivity (Wildman–Crippen MR) is 116 cm³/mol. The first-order valence-electron chi connectivity index (χ1n) is 10.8. The van der Waals surface area contributed by atoms with Crippen LogP contribution in [0.2, 0.25) is 0 Å². The standard InChI is InChI=1S/C25H28N2O4/c28-24(26-12-8-21(9-13-26)17-20-5-2-1-3-6-20)10-14-27(18-23-7-4-15-31-23)25(29)22-11-16-30-19-22/h1-7,11,15-16,19,21H,8-10,12-14,17-18H2. The van der Waals surface area contributed by atoms with Crippen LogP contribution in [0.25, 0.3) is 0 Å². The zero-order valence-electron chi connectivity index (χ0n) is 17.6. The maximum absolute atomic E-state index is 12.8. The Morgan fingerprint density at radius 1 is 1.00 bits per heavy atom. The van der Waals surface area contributed by atoms with Gasteiger partial charge in [-0.2, -0.15) is 0 Å². The van der Waals surface area contributed by atoms with E-state index in [4.69, 9.17) is 8.83 Å². The van der Waals surface area contributed by atoms with E-state index in [0.717, 1.165) is 32.4 Å². The molecule has 0 bridgehead atoms. The molecule has 1 fully saturated rings. The molecular formula is C25H28N2O4. The van der Waals surface area contributed by atoms with Gasteiger partial charge in [-0.3, -0.25) is 9.59 Å². The van der Waals surface area contributed by atoms with Crippen molar-refractivity contribution in [2.45, 2.75) is 32.2 Å². The molecule has 0 aliphatic carbocycles. The molecule has 0 radical (unpaired) electrons. The lowest BCUT2D eigenvalue weighted by Crippen LogP contribution is -2.41. The van der Waals surface area contributed by atoms with Gasteiger partial charge in [0.1, 0.15) is 12.0 Å². The first kappa shape index (κ1) is 21.0. The van der Waals surface area contributed by atoms with Crippen LogP contribution >= 0.6 is 0 Å². The van der Waals surface area contributed by atoms with Crippen molar-refractivity contribution in [2.24, 2.45) is 5.92 Å². The quantitative estimate of drug-likeness (QED) is 0.542. The molecular weight excluding hydrogens is 392 g/mol. The van der Waals surface area contributed by atoms with Gasteiger partial charge in [0, 0.05) is 26.1 Å². The van der Waals surface area contributed by atoms with E-state index in [9.17, 15) is 9.59 Å². The van der Waals surface area contributed by atoms with Gasteiger partial charge in [-0.05, 0) is 48.9 Å². The number of benzene rings is 1. The van der Waals surface area contributed by atoms with Gasteiger partial charge in [-0.25, -0.2) is 0 Å². The number of carbonyl (C=O) groups excluding carboxylic acids is 2. The normalized spacial score (nSPS) is 14.5. The summed E-state index contributed by atoms with van der Waals surface area (Å²) in [5, 5.41) is 0. The fourth-order valence-electron chi connectivity index (χ4n) is 4.13. The summed E-state index contributed by atoms with van der Waals surface area (Å²) in [6.07, 6.45) is 7.89. The van der Waals surface area contributed by atoms with Crippen molar-refractivity contribution < 1.29 is 18.4 Å². The Balaban J connectivity index is 1.29. The number of hydrogen-bond donors (Lipinski definition) is 0. The largest absolute Gasteiger partial charge is 0.472 e. The van der Waals surface area contributed by atoms with Crippen molar-refractivity contribution in [3.63, 3.8) is 0 Å². The lowest BCUT2D eigenvalue weighted by atomic mass is 9.90. The molecule has 0 saturated carbocycles. The molecule has 4 rings (SSSR count). The van der Waals surface area contributed by atoms with Gasteiger partial charge in [-0.15, -0.1) is 0 Å². The molecule has 0 unspecified atom stereocenters. The van der Waals surface area contributed by atoms with Gasteiger partial charge in [0.25, 0.3) is 5.91 Å². The van der Waals surface area contributed by atoms with Crippen molar-refractivity contribution in [1.29, 1.82) is 0 Å². The zero-order valence-corrected chi connectivity index (χ0v) is 17.6. The number of carbonyl (C=O) groups is 2. The zero-order chi connectivity index (χ0) is 21.5. The van der Waals surface area contributed by atoms with E-state index in [1.165, 1.54) is 18.1 Å². The second kappa shape index (κ2) is 10.2. The summed E-state index contributed by atoms with van der Waals surface area (Å²) in [5.41, 5.74) is 1.83. The van der Waals surface area contributed by atoms with Crippen LogP contribution in [0.4, 0.5) is 0 Å². The van der Waals surface area contributed by atoms with Crippen LogP contribution in [0.1, 0.15) is 40.9 Å². The monoisotopic (exact) mass is 420 g/mol. The Morgan fingerprint density at radius 2 is 1.81 bits per heavy atom. The number of piperidine rings is 1. The molecule has 2 amide bonds. The van der Waals surface area contributed by atoms with Crippen LogP contribution in [0.3, 0.4) is 0 Å². The summed E-state index contributed by atoms with van der Waals surface area (Å²) in [5.74, 6) is 1.23. The maximum Gasteiger partial charge on any atom is 0.257 e. The van der Waals surface area contributed by atoms with Crippen LogP contribution in [0.5, 0.6) is 0 Å². The summed E-state index contributed by atoms with van der Waals surface area (Å²) < 4.78 is 10.5. The number of rotatable bonds is 8. The molecule has 3 heterocycles. The molecule has 162 valence electrons. The summed E-state index contributed by atoms with van der Waals surface area (Å²) >= 11 is 0. The van der Waals surface area contributed by atoms with Crippen LogP contribution < -0.4 is 0 Å². The van der Waals surface area contributed by atoms with Gasteiger partial charge in [-0.1, -0.05) is 30.3 Å². The van der Waals surface area contributed by atoms with Gasteiger partial charge in [0.05, 0.1) is 24.6 Å². The van der Waals surface area contributed by atoms with Crippen LogP contribution in [0.15, 0.2) is 76.2 Å². The van der Waals surface area contributed by atoms with Crippen molar-refractivity contribution in [1.82, 2.24) is 9.80 Å². The van der Waals surface area contributed by atoms with Crippen molar-refractivity contribution in [3.8, 4) is 0 Å². The summed E-state index contributed by atoms with van der Waals surface area (Å²) in [6, 6.07) is 15.8. The first-order valence-corrected chi connectivity index (χ1v) is 10.8. The molecule has 31 heavy (non-hydrogen) atoms. The molecule has 3 aromatic rings. The molecule has 2 aromatic heterocycles. The average molecular weight is 421 g/mol. The number of amides is 2. The van der Waals surface area contributed by atoms with Crippen LogP contribution in [0, 0.1) is 5.92 Å². The SMILES string of the molecule is O=C(CCN(Cc1ccco1)C(=O)c1ccoc1)N1CCC(Cc2ccccc2)CC1. The smallest absolute Gasteiger partial charge is 0.257 e. The van der Waals surface area contributed by atoms with Crippen molar-refractivity contribution in [2.75, 3.05) is 19.6 Å². The summed E-state index contributed by atoms with van der Waals surface area (Å²) in [4.78, 5) is 29.2. The Morgan fingerprint density at radius 3 is 2.48 bits per heavy atom. The molecule has 1 aliphatic rings. The van der Waals surface area contributed by atoms with Gasteiger partial charge < -0.3 is 18.6 Å². The topological polar surface area (TPSA) is 66.9 Å². The number of furan rings is 2. The first-order chi connectivity index (χ1) is 15.2. The van der Waals surface area contributed by atoms with Gasteiger partial charge >= 0.3 is 0 Å². The highest BCUT2D eigenvalue weighted by Crippen LogP contribution is 2.22. The van der Waals surface area contributed by atoms with E-state index in [-0.39, 0.29) is 11.8 Å². The number of likely N-dealkylation sites (tertiary alicyclic amines) is 1. The minimum Gasteiger partial charge on any atom is -0.472 e. The van der Waals surface area contributed by atoms with Crippen molar-refractivity contribution >= 4 is 11.8 Å².